The zero-order valence-corrected chi connectivity index (χ0v) is 16.5. The Labute approximate surface area is 167 Å². The normalized spacial score (nSPS) is 17.2. The minimum absolute atomic E-state index is 0.118. The summed E-state index contributed by atoms with van der Waals surface area (Å²) in [5, 5.41) is 20.1. The molecule has 0 bridgehead atoms. The zero-order chi connectivity index (χ0) is 21.1. The molecule has 1 saturated heterocycles. The smallest absolute Gasteiger partial charge is 0.334 e. The van der Waals surface area contributed by atoms with Crippen LogP contribution in [0.2, 0.25) is 0 Å². The van der Waals surface area contributed by atoms with E-state index in [0.717, 1.165) is 0 Å². The van der Waals surface area contributed by atoms with Crippen molar-refractivity contribution in [3.63, 3.8) is 0 Å². The summed E-state index contributed by atoms with van der Waals surface area (Å²) in [6.07, 6.45) is 1.40. The molecule has 1 atom stereocenters. The molecule has 0 spiro atoms. The fourth-order valence-corrected chi connectivity index (χ4v) is 3.13. The molecule has 3 rings (SSSR count). The number of carbonyl (C=O) groups is 1. The van der Waals surface area contributed by atoms with Crippen LogP contribution in [0.5, 0.6) is 34.5 Å². The number of aromatic hydroxyl groups is 2. The van der Waals surface area contributed by atoms with Gasteiger partial charge in [-0.05, 0) is 35.9 Å². The molecule has 2 N–H and O–H groups in total. The fourth-order valence-electron chi connectivity index (χ4n) is 3.13. The van der Waals surface area contributed by atoms with Gasteiger partial charge in [-0.3, -0.25) is 0 Å². The highest BCUT2D eigenvalue weighted by Gasteiger charge is 2.31. The summed E-state index contributed by atoms with van der Waals surface area (Å²) in [6.45, 7) is 0. The van der Waals surface area contributed by atoms with Gasteiger partial charge in [0, 0.05) is 17.6 Å². The Balaban J connectivity index is 1.93. The summed E-state index contributed by atoms with van der Waals surface area (Å²) in [5.41, 5.74) is 1.69. The second-order valence-corrected chi connectivity index (χ2v) is 6.32. The van der Waals surface area contributed by atoms with E-state index in [0.29, 0.717) is 23.1 Å². The molecule has 154 valence electrons. The average molecular weight is 402 g/mol. The number of cyclic esters (lactones) is 1. The topological polar surface area (TPSA) is 104 Å². The number of hydrogen-bond acceptors (Lipinski definition) is 8. The van der Waals surface area contributed by atoms with Crippen LogP contribution in [0.25, 0.3) is 6.08 Å². The van der Waals surface area contributed by atoms with Crippen LogP contribution >= 0.6 is 0 Å². The Hall–Kier alpha value is -3.55. The van der Waals surface area contributed by atoms with E-state index in [1.54, 1.807) is 30.3 Å². The summed E-state index contributed by atoms with van der Waals surface area (Å²) in [5.74, 6) is 0.197. The Morgan fingerprint density at radius 3 is 1.76 bits per heavy atom. The van der Waals surface area contributed by atoms with Crippen molar-refractivity contribution < 1.29 is 38.7 Å². The number of benzene rings is 2. The SMILES string of the molecule is COc1cc(/C=C2\C[C@H](c3cc(OC)c(O)c(OC)c3)OC2=O)cc(OC)c1O. The van der Waals surface area contributed by atoms with Crippen molar-refractivity contribution in [3.05, 3.63) is 41.0 Å². The summed E-state index contributed by atoms with van der Waals surface area (Å²) < 4.78 is 26.1. The monoisotopic (exact) mass is 402 g/mol. The van der Waals surface area contributed by atoms with Crippen molar-refractivity contribution in [3.8, 4) is 34.5 Å². The molecule has 1 heterocycles. The van der Waals surface area contributed by atoms with Crippen molar-refractivity contribution in [2.75, 3.05) is 28.4 Å². The molecule has 2 aromatic rings. The van der Waals surface area contributed by atoms with Gasteiger partial charge in [0.05, 0.1) is 28.4 Å². The lowest BCUT2D eigenvalue weighted by atomic mass is 10.0. The van der Waals surface area contributed by atoms with Gasteiger partial charge in [-0.1, -0.05) is 0 Å². The third kappa shape index (κ3) is 3.87. The third-order valence-corrected chi connectivity index (χ3v) is 4.63. The van der Waals surface area contributed by atoms with E-state index in [-0.39, 0.29) is 34.5 Å². The van der Waals surface area contributed by atoms with Gasteiger partial charge in [0.1, 0.15) is 6.10 Å². The zero-order valence-electron chi connectivity index (χ0n) is 16.5. The molecule has 8 nitrogen and oxygen atoms in total. The maximum atomic E-state index is 12.4. The lowest BCUT2D eigenvalue weighted by molar-refractivity contribution is -0.139. The maximum Gasteiger partial charge on any atom is 0.334 e. The quantitative estimate of drug-likeness (QED) is 0.561. The number of methoxy groups -OCH3 is 4. The van der Waals surface area contributed by atoms with Gasteiger partial charge in [-0.2, -0.15) is 0 Å². The van der Waals surface area contributed by atoms with Crippen molar-refractivity contribution in [2.45, 2.75) is 12.5 Å². The molecule has 1 fully saturated rings. The molecule has 29 heavy (non-hydrogen) atoms. The molecule has 0 amide bonds. The first-order valence-corrected chi connectivity index (χ1v) is 8.73. The predicted molar refractivity (Wildman–Crippen MR) is 104 cm³/mol. The van der Waals surface area contributed by atoms with E-state index >= 15 is 0 Å². The molecular formula is C21H22O8. The summed E-state index contributed by atoms with van der Waals surface area (Å²) in [4.78, 5) is 12.4. The largest absolute Gasteiger partial charge is 0.502 e. The summed E-state index contributed by atoms with van der Waals surface area (Å²) in [6, 6.07) is 6.40. The van der Waals surface area contributed by atoms with Gasteiger partial charge in [0.2, 0.25) is 11.5 Å². The number of ether oxygens (including phenoxy) is 5. The number of rotatable bonds is 6. The van der Waals surface area contributed by atoms with Gasteiger partial charge in [-0.25, -0.2) is 4.79 Å². The van der Waals surface area contributed by atoms with Crippen LogP contribution in [0, 0.1) is 0 Å². The second kappa shape index (κ2) is 8.22. The van der Waals surface area contributed by atoms with E-state index in [1.807, 2.05) is 0 Å². The highest BCUT2D eigenvalue weighted by atomic mass is 16.6. The van der Waals surface area contributed by atoms with Crippen LogP contribution in [-0.2, 0) is 9.53 Å². The van der Waals surface area contributed by atoms with E-state index in [2.05, 4.69) is 0 Å². The van der Waals surface area contributed by atoms with Gasteiger partial charge < -0.3 is 33.9 Å². The van der Waals surface area contributed by atoms with E-state index < -0.39 is 12.1 Å². The molecular weight excluding hydrogens is 380 g/mol. The van der Waals surface area contributed by atoms with Gasteiger partial charge >= 0.3 is 5.97 Å². The van der Waals surface area contributed by atoms with Gasteiger partial charge in [0.15, 0.2) is 23.0 Å². The number of hydrogen-bond donors (Lipinski definition) is 2. The van der Waals surface area contributed by atoms with Crippen molar-refractivity contribution in [1.82, 2.24) is 0 Å². The number of carbonyl (C=O) groups excluding carboxylic acids is 1. The summed E-state index contributed by atoms with van der Waals surface area (Å²) >= 11 is 0. The maximum absolute atomic E-state index is 12.4. The number of esters is 1. The molecule has 1 aliphatic rings. The Morgan fingerprint density at radius 2 is 1.31 bits per heavy atom. The average Bonchev–Trinajstić information content (AvgIpc) is 3.09. The van der Waals surface area contributed by atoms with Crippen LogP contribution < -0.4 is 18.9 Å². The van der Waals surface area contributed by atoms with Crippen LogP contribution in [0.3, 0.4) is 0 Å². The minimum Gasteiger partial charge on any atom is -0.502 e. The van der Waals surface area contributed by atoms with Crippen LogP contribution in [0.4, 0.5) is 0 Å². The molecule has 0 unspecified atom stereocenters. The van der Waals surface area contributed by atoms with Crippen molar-refractivity contribution in [1.29, 1.82) is 0 Å². The fraction of sp³-hybridized carbons (Fsp3) is 0.286. The highest BCUT2D eigenvalue weighted by molar-refractivity contribution is 5.96. The van der Waals surface area contributed by atoms with Gasteiger partial charge in [-0.15, -0.1) is 0 Å². The van der Waals surface area contributed by atoms with E-state index in [1.165, 1.54) is 28.4 Å². The Bertz CT molecular complexity index is 913. The van der Waals surface area contributed by atoms with Gasteiger partial charge in [0.25, 0.3) is 0 Å². The lowest BCUT2D eigenvalue weighted by Gasteiger charge is -2.14. The molecule has 0 saturated carbocycles. The number of phenolic OH excluding ortho intramolecular Hbond substituents is 2. The molecule has 8 heteroatoms. The first kappa shape index (κ1) is 20.2. The highest BCUT2D eigenvalue weighted by Crippen LogP contribution is 2.43. The second-order valence-electron chi connectivity index (χ2n) is 6.32. The van der Waals surface area contributed by atoms with Crippen LogP contribution in [0.15, 0.2) is 29.8 Å². The predicted octanol–water partition coefficient (Wildman–Crippen LogP) is 3.20. The van der Waals surface area contributed by atoms with Crippen LogP contribution in [0.1, 0.15) is 23.7 Å². The van der Waals surface area contributed by atoms with Crippen molar-refractivity contribution >= 4 is 12.0 Å². The summed E-state index contributed by atoms with van der Waals surface area (Å²) in [7, 11) is 5.71. The molecule has 2 aromatic carbocycles. The Morgan fingerprint density at radius 1 is 0.862 bits per heavy atom. The first-order valence-electron chi connectivity index (χ1n) is 8.73. The lowest BCUT2D eigenvalue weighted by Crippen LogP contribution is -2.00. The third-order valence-electron chi connectivity index (χ3n) is 4.63. The molecule has 0 aliphatic carbocycles. The van der Waals surface area contributed by atoms with E-state index in [4.69, 9.17) is 23.7 Å². The van der Waals surface area contributed by atoms with E-state index in [9.17, 15) is 15.0 Å². The first-order chi connectivity index (χ1) is 13.9. The standard InChI is InChI=1S/C21H22O8/c1-25-15-6-11(7-16(26-2)19(15)22)5-13-10-14(29-21(13)24)12-8-17(27-3)20(23)18(9-12)28-4/h5-9,14,22-23H,10H2,1-4H3/b13-5+/t14-/m1/s1. The molecule has 0 aromatic heterocycles. The minimum atomic E-state index is -0.557. The van der Waals surface area contributed by atoms with Crippen LogP contribution in [-0.4, -0.2) is 44.6 Å². The van der Waals surface area contributed by atoms with Crippen molar-refractivity contribution in [2.24, 2.45) is 0 Å². The molecule has 1 aliphatic heterocycles. The molecule has 0 radical (unpaired) electrons. The Kier molecular flexibility index (Phi) is 5.72. The number of phenols is 2.